The summed E-state index contributed by atoms with van der Waals surface area (Å²) in [6, 6.07) is 1.76. The van der Waals surface area contributed by atoms with Crippen LogP contribution >= 0.6 is 11.6 Å². The van der Waals surface area contributed by atoms with Gasteiger partial charge in [-0.3, -0.25) is 0 Å². The fourth-order valence-electron chi connectivity index (χ4n) is 3.17. The van der Waals surface area contributed by atoms with Crippen LogP contribution in [0.15, 0.2) is 16.1 Å². The van der Waals surface area contributed by atoms with Gasteiger partial charge in [-0.2, -0.15) is 0 Å². The van der Waals surface area contributed by atoms with E-state index in [1.165, 1.54) is 5.56 Å². The largest absolute Gasteiger partial charge is 0.358 e. The standard InChI is InChI=1S/C16H20ClNO2S/c1-10(2)8-18-9-14-12-5-3-4-11(12)6-15(21(19)20)13(14)7-16(18)17/h6-7,10,21H,3-5,8-9H2,1-2H3/i8D2. The summed E-state index contributed by atoms with van der Waals surface area (Å²) in [5, 5.41) is 0.257. The number of fused-ring (bicyclic) bond motifs is 3. The van der Waals surface area contributed by atoms with Crippen molar-refractivity contribution in [3.63, 3.8) is 0 Å². The van der Waals surface area contributed by atoms with E-state index >= 15 is 0 Å². The van der Waals surface area contributed by atoms with Gasteiger partial charge in [0, 0.05) is 21.3 Å². The second-order valence-corrected chi connectivity index (χ2v) is 7.26. The van der Waals surface area contributed by atoms with Gasteiger partial charge in [0.2, 0.25) is 0 Å². The van der Waals surface area contributed by atoms with Gasteiger partial charge in [0.15, 0.2) is 10.7 Å². The van der Waals surface area contributed by atoms with Gasteiger partial charge < -0.3 is 4.90 Å². The van der Waals surface area contributed by atoms with Gasteiger partial charge in [-0.15, -0.1) is 0 Å². The fraction of sp³-hybridized carbons (Fsp3) is 0.500. The number of benzene rings is 1. The van der Waals surface area contributed by atoms with Crippen LogP contribution in [0.3, 0.4) is 0 Å². The van der Waals surface area contributed by atoms with E-state index in [0.29, 0.717) is 17.0 Å². The highest BCUT2D eigenvalue weighted by molar-refractivity contribution is 7.72. The topological polar surface area (TPSA) is 37.4 Å². The van der Waals surface area contributed by atoms with Gasteiger partial charge in [0.25, 0.3) is 0 Å². The average Bonchev–Trinajstić information content (AvgIpc) is 2.93. The second-order valence-electron chi connectivity index (χ2n) is 5.87. The quantitative estimate of drug-likeness (QED) is 0.684. The minimum atomic E-state index is -2.71. The van der Waals surface area contributed by atoms with Crippen molar-refractivity contribution in [3.05, 3.63) is 33.5 Å². The lowest BCUT2D eigenvalue weighted by molar-refractivity contribution is 0.311. The minimum Gasteiger partial charge on any atom is -0.358 e. The molecule has 0 aromatic heterocycles. The highest BCUT2D eigenvalue weighted by Crippen LogP contribution is 2.37. The zero-order chi connectivity index (χ0) is 16.9. The van der Waals surface area contributed by atoms with E-state index in [0.717, 1.165) is 30.4 Å². The molecule has 0 bridgehead atoms. The van der Waals surface area contributed by atoms with Crippen LogP contribution in [-0.2, 0) is 30.1 Å². The fourth-order valence-corrected chi connectivity index (χ4v) is 4.05. The Kier molecular flexibility index (Phi) is 3.37. The molecule has 2 aliphatic rings. The molecular weight excluding hydrogens is 306 g/mol. The monoisotopic (exact) mass is 327 g/mol. The third kappa shape index (κ3) is 2.71. The Labute approximate surface area is 135 Å². The Hall–Kier alpha value is -1.00. The number of nitrogens with zero attached hydrogens (tertiary/aromatic N) is 1. The second kappa shape index (κ2) is 5.65. The van der Waals surface area contributed by atoms with E-state index in [1.807, 2.05) is 13.8 Å². The van der Waals surface area contributed by atoms with Gasteiger partial charge in [-0.1, -0.05) is 25.4 Å². The minimum absolute atomic E-state index is 0.237. The molecule has 3 rings (SSSR count). The third-order valence-electron chi connectivity index (χ3n) is 3.99. The Balaban J connectivity index is 2.19. The Morgan fingerprint density at radius 3 is 2.81 bits per heavy atom. The first-order valence-electron chi connectivity index (χ1n) is 8.20. The number of rotatable bonds is 3. The Morgan fingerprint density at radius 1 is 1.38 bits per heavy atom. The Morgan fingerprint density at radius 2 is 2.14 bits per heavy atom. The molecule has 114 valence electrons. The first kappa shape index (κ1) is 12.5. The van der Waals surface area contributed by atoms with Crippen molar-refractivity contribution in [2.45, 2.75) is 44.6 Å². The molecule has 1 heterocycles. The van der Waals surface area contributed by atoms with Crippen LogP contribution in [0, 0.1) is 5.92 Å². The lowest BCUT2D eigenvalue weighted by Crippen LogP contribution is -2.28. The molecule has 0 saturated heterocycles. The van der Waals surface area contributed by atoms with Crippen LogP contribution in [-0.4, -0.2) is 19.8 Å². The molecule has 1 aromatic carbocycles. The molecule has 1 aliphatic heterocycles. The van der Waals surface area contributed by atoms with Crippen LogP contribution in [0.1, 0.15) is 45.3 Å². The molecule has 3 nitrogen and oxygen atoms in total. The molecule has 0 fully saturated rings. The van der Waals surface area contributed by atoms with E-state index in [4.69, 9.17) is 14.3 Å². The van der Waals surface area contributed by atoms with Crippen LogP contribution in [0.25, 0.3) is 6.08 Å². The van der Waals surface area contributed by atoms with E-state index in [1.54, 1.807) is 17.0 Å². The smallest absolute Gasteiger partial charge is 0.168 e. The lowest BCUT2D eigenvalue weighted by Gasteiger charge is -2.32. The maximum Gasteiger partial charge on any atom is 0.168 e. The van der Waals surface area contributed by atoms with Gasteiger partial charge >= 0.3 is 0 Å². The number of thiol groups is 1. The number of aryl methyl sites for hydroxylation is 1. The van der Waals surface area contributed by atoms with Crippen molar-refractivity contribution < 1.29 is 11.2 Å². The summed E-state index contributed by atoms with van der Waals surface area (Å²) in [6.07, 6.45) is 4.42. The van der Waals surface area contributed by atoms with Crippen molar-refractivity contribution in [3.8, 4) is 0 Å². The zero-order valence-corrected chi connectivity index (χ0v) is 13.8. The van der Waals surface area contributed by atoms with E-state index in [-0.39, 0.29) is 11.1 Å². The van der Waals surface area contributed by atoms with E-state index in [2.05, 4.69) is 0 Å². The summed E-state index contributed by atoms with van der Waals surface area (Å²) < 4.78 is 39.9. The van der Waals surface area contributed by atoms with Crippen molar-refractivity contribution in [2.24, 2.45) is 5.92 Å². The summed E-state index contributed by atoms with van der Waals surface area (Å²) in [4.78, 5) is 1.85. The van der Waals surface area contributed by atoms with Crippen LogP contribution in [0.5, 0.6) is 0 Å². The lowest BCUT2D eigenvalue weighted by atomic mass is 9.94. The van der Waals surface area contributed by atoms with E-state index < -0.39 is 17.2 Å². The molecule has 0 amide bonds. The molecule has 0 spiro atoms. The van der Waals surface area contributed by atoms with Crippen LogP contribution < -0.4 is 0 Å². The van der Waals surface area contributed by atoms with Crippen molar-refractivity contribution in [1.29, 1.82) is 0 Å². The van der Waals surface area contributed by atoms with Crippen molar-refractivity contribution in [1.82, 2.24) is 4.90 Å². The number of hydrogen-bond donors (Lipinski definition) is 1. The summed E-state index contributed by atoms with van der Waals surface area (Å²) in [5.41, 5.74) is 3.81. The van der Waals surface area contributed by atoms with Crippen LogP contribution in [0.4, 0.5) is 0 Å². The van der Waals surface area contributed by atoms with Gasteiger partial charge in [0.05, 0.1) is 4.90 Å². The predicted molar refractivity (Wildman–Crippen MR) is 86.1 cm³/mol. The molecule has 0 saturated carbocycles. The molecule has 0 N–H and O–H groups in total. The summed E-state index contributed by atoms with van der Waals surface area (Å²) in [6.45, 7) is 2.35. The summed E-state index contributed by atoms with van der Waals surface area (Å²) in [7, 11) is -2.71. The first-order valence-corrected chi connectivity index (χ1v) is 8.76. The predicted octanol–water partition coefficient (Wildman–Crippen LogP) is 3.15. The zero-order valence-electron chi connectivity index (χ0n) is 14.1. The molecule has 5 heteroatoms. The molecule has 0 atom stereocenters. The van der Waals surface area contributed by atoms with Crippen molar-refractivity contribution in [2.75, 3.05) is 6.50 Å². The normalized spacial score (nSPS) is 19.3. The number of hydrogen-bond acceptors (Lipinski definition) is 3. The molecule has 1 aliphatic carbocycles. The molecule has 1 aromatic rings. The maximum absolute atomic E-state index is 11.6. The molecule has 0 radical (unpaired) electrons. The summed E-state index contributed by atoms with van der Waals surface area (Å²) in [5.74, 6) is -0.237. The summed E-state index contributed by atoms with van der Waals surface area (Å²) >= 11 is 6.32. The Bertz CT molecular complexity index is 764. The first-order chi connectivity index (χ1) is 10.7. The van der Waals surface area contributed by atoms with Gasteiger partial charge in [-0.05, 0) is 54.0 Å². The van der Waals surface area contributed by atoms with E-state index in [9.17, 15) is 8.42 Å². The van der Waals surface area contributed by atoms with Crippen LogP contribution in [0.2, 0.25) is 0 Å². The van der Waals surface area contributed by atoms with Crippen molar-refractivity contribution >= 4 is 28.4 Å². The third-order valence-corrected chi connectivity index (χ3v) is 5.06. The molecule has 0 unspecified atom stereocenters. The molecular formula is C16H20ClNO2S. The highest BCUT2D eigenvalue weighted by Gasteiger charge is 2.27. The average molecular weight is 328 g/mol. The molecule has 21 heavy (non-hydrogen) atoms. The maximum atomic E-state index is 11.6. The SMILES string of the molecule is [2H]C([2H])(C(C)C)N1Cc2c(c([SH](=O)=O)cc3c2CCC3)C=C1Cl. The highest BCUT2D eigenvalue weighted by atomic mass is 35.5. The van der Waals surface area contributed by atoms with Gasteiger partial charge in [0.1, 0.15) is 5.16 Å². The number of halogens is 1. The van der Waals surface area contributed by atoms with Gasteiger partial charge in [-0.25, -0.2) is 8.42 Å².